The van der Waals surface area contributed by atoms with Crippen molar-refractivity contribution in [1.29, 1.82) is 0 Å². The predicted molar refractivity (Wildman–Crippen MR) is 122 cm³/mol. The van der Waals surface area contributed by atoms with E-state index in [1.165, 1.54) is 24.9 Å². The summed E-state index contributed by atoms with van der Waals surface area (Å²) >= 11 is 0. The zero-order chi connectivity index (χ0) is 21.3. The second-order valence-corrected chi connectivity index (χ2v) is 9.56. The number of rotatable bonds is 4. The van der Waals surface area contributed by atoms with Crippen molar-refractivity contribution >= 4 is 17.6 Å². The van der Waals surface area contributed by atoms with Gasteiger partial charge in [-0.3, -0.25) is 4.90 Å². The number of carbonyl (C=O) groups excluding carboxylic acids is 1. The van der Waals surface area contributed by atoms with Gasteiger partial charge in [0.05, 0.1) is 12.3 Å². The molecule has 4 fully saturated rings. The van der Waals surface area contributed by atoms with Crippen molar-refractivity contribution in [3.05, 3.63) is 18.3 Å². The number of ether oxygens (including phenoxy) is 1. The number of aromatic nitrogens is 1. The summed E-state index contributed by atoms with van der Waals surface area (Å²) < 4.78 is 5.16. The molecule has 0 radical (unpaired) electrons. The van der Waals surface area contributed by atoms with Gasteiger partial charge in [-0.2, -0.15) is 0 Å². The highest BCUT2D eigenvalue weighted by Crippen LogP contribution is 2.47. The lowest BCUT2D eigenvalue weighted by Crippen LogP contribution is -2.58. The molecule has 3 saturated heterocycles. The van der Waals surface area contributed by atoms with Gasteiger partial charge < -0.3 is 24.8 Å². The van der Waals surface area contributed by atoms with E-state index in [9.17, 15) is 4.79 Å². The van der Waals surface area contributed by atoms with Crippen LogP contribution in [0.4, 0.5) is 16.3 Å². The molecule has 1 N–H and O–H groups in total. The van der Waals surface area contributed by atoms with E-state index in [-0.39, 0.29) is 6.09 Å². The summed E-state index contributed by atoms with van der Waals surface area (Å²) in [7, 11) is 0. The zero-order valence-electron chi connectivity index (χ0n) is 18.8. The Bertz CT molecular complexity index is 769. The van der Waals surface area contributed by atoms with Crippen LogP contribution < -0.4 is 15.1 Å². The molecule has 1 aliphatic carbocycles. The summed E-state index contributed by atoms with van der Waals surface area (Å²) in [6, 6.07) is 4.95. The van der Waals surface area contributed by atoms with Gasteiger partial charge in [0, 0.05) is 83.1 Å². The van der Waals surface area contributed by atoms with Crippen molar-refractivity contribution in [1.82, 2.24) is 20.1 Å². The molecule has 0 unspecified atom stereocenters. The average molecular weight is 429 g/mol. The molecule has 0 bridgehead atoms. The first kappa shape index (κ1) is 20.8. The van der Waals surface area contributed by atoms with Crippen LogP contribution in [-0.2, 0) is 4.74 Å². The van der Waals surface area contributed by atoms with Crippen molar-refractivity contribution in [2.45, 2.75) is 32.2 Å². The molecule has 3 aliphatic heterocycles. The summed E-state index contributed by atoms with van der Waals surface area (Å²) in [6.45, 7) is 12.5. The topological polar surface area (TPSA) is 64.2 Å². The van der Waals surface area contributed by atoms with Crippen LogP contribution in [0, 0.1) is 5.41 Å². The molecular formula is C23H36N6O2. The first-order valence-corrected chi connectivity index (χ1v) is 12.0. The molecule has 4 heterocycles. The van der Waals surface area contributed by atoms with Crippen molar-refractivity contribution in [2.75, 3.05) is 81.9 Å². The molecule has 8 heteroatoms. The minimum atomic E-state index is -0.138. The SMILES string of the molecule is CCOC(=O)N1CC2(CC[C@@H](N3CCN(c4ncccc4N4CCNCC4)CC3)C2)C1. The summed E-state index contributed by atoms with van der Waals surface area (Å²) in [5.41, 5.74) is 1.62. The van der Waals surface area contributed by atoms with Gasteiger partial charge >= 0.3 is 6.09 Å². The molecule has 31 heavy (non-hydrogen) atoms. The van der Waals surface area contributed by atoms with E-state index in [1.54, 1.807) is 0 Å². The molecule has 1 aromatic rings. The second kappa shape index (κ2) is 8.82. The van der Waals surface area contributed by atoms with Crippen LogP contribution >= 0.6 is 0 Å². The molecule has 1 saturated carbocycles. The third kappa shape index (κ3) is 4.20. The lowest BCUT2D eigenvalue weighted by molar-refractivity contribution is -0.00294. The molecular weight excluding hydrogens is 392 g/mol. The minimum Gasteiger partial charge on any atom is -0.450 e. The first-order valence-electron chi connectivity index (χ1n) is 12.0. The molecule has 1 amide bonds. The van der Waals surface area contributed by atoms with Crippen LogP contribution in [0.5, 0.6) is 0 Å². The Labute approximate surface area is 185 Å². The Hall–Kier alpha value is -2.06. The number of hydrogen-bond acceptors (Lipinski definition) is 7. The van der Waals surface area contributed by atoms with Crippen LogP contribution in [0.25, 0.3) is 0 Å². The van der Waals surface area contributed by atoms with E-state index < -0.39 is 0 Å². The maximum atomic E-state index is 11.9. The van der Waals surface area contributed by atoms with Crippen molar-refractivity contribution in [2.24, 2.45) is 5.41 Å². The number of nitrogens with zero attached hydrogens (tertiary/aromatic N) is 5. The van der Waals surface area contributed by atoms with Gasteiger partial charge in [-0.1, -0.05) is 0 Å². The van der Waals surface area contributed by atoms with Gasteiger partial charge in [-0.15, -0.1) is 0 Å². The Balaban J connectivity index is 1.15. The largest absolute Gasteiger partial charge is 0.450 e. The number of pyridine rings is 1. The van der Waals surface area contributed by atoms with Gasteiger partial charge in [-0.05, 0) is 38.3 Å². The Morgan fingerprint density at radius 3 is 2.68 bits per heavy atom. The Morgan fingerprint density at radius 2 is 1.94 bits per heavy atom. The highest BCUT2D eigenvalue weighted by atomic mass is 16.6. The second-order valence-electron chi connectivity index (χ2n) is 9.56. The van der Waals surface area contributed by atoms with Gasteiger partial charge in [0.15, 0.2) is 5.82 Å². The summed E-state index contributed by atoms with van der Waals surface area (Å²) in [5.74, 6) is 1.15. The fourth-order valence-corrected chi connectivity index (χ4v) is 5.97. The fraction of sp³-hybridized carbons (Fsp3) is 0.739. The van der Waals surface area contributed by atoms with Crippen molar-refractivity contribution < 1.29 is 9.53 Å². The summed E-state index contributed by atoms with van der Waals surface area (Å²) in [5, 5.41) is 3.44. The standard InChI is InChI=1S/C23H36N6O2/c1-2-31-22(30)29-17-23(18-29)6-5-19(16-23)26-12-14-28(15-13-26)21-20(4-3-7-25-21)27-10-8-24-9-11-27/h3-4,7,19,24H,2,5-6,8-18H2,1H3/t19-/m1/s1. The number of amides is 1. The highest BCUT2D eigenvalue weighted by Gasteiger charge is 2.51. The average Bonchev–Trinajstić information content (AvgIpc) is 3.25. The molecule has 1 atom stereocenters. The van der Waals surface area contributed by atoms with E-state index in [2.05, 4.69) is 32.1 Å². The van der Waals surface area contributed by atoms with Gasteiger partial charge in [0.1, 0.15) is 0 Å². The van der Waals surface area contributed by atoms with Crippen molar-refractivity contribution in [3.63, 3.8) is 0 Å². The number of hydrogen-bond donors (Lipinski definition) is 1. The molecule has 4 aliphatic rings. The van der Waals surface area contributed by atoms with E-state index in [0.29, 0.717) is 18.1 Å². The van der Waals surface area contributed by atoms with Crippen LogP contribution in [0.1, 0.15) is 26.2 Å². The number of piperazine rings is 2. The van der Waals surface area contributed by atoms with Gasteiger partial charge in [0.25, 0.3) is 0 Å². The number of nitrogens with one attached hydrogen (secondary N) is 1. The number of anilines is 2. The van der Waals surface area contributed by atoms with Gasteiger partial charge in [0.2, 0.25) is 0 Å². The third-order valence-electron chi connectivity index (χ3n) is 7.61. The van der Waals surface area contributed by atoms with Crippen LogP contribution in [-0.4, -0.2) is 99.0 Å². The predicted octanol–water partition coefficient (Wildman–Crippen LogP) is 1.62. The third-order valence-corrected chi connectivity index (χ3v) is 7.61. The number of likely N-dealkylation sites (tertiary alicyclic amines) is 1. The first-order chi connectivity index (χ1) is 15.2. The zero-order valence-corrected chi connectivity index (χ0v) is 18.8. The molecule has 8 nitrogen and oxygen atoms in total. The highest BCUT2D eigenvalue weighted by molar-refractivity contribution is 5.69. The van der Waals surface area contributed by atoms with E-state index in [1.807, 2.05) is 18.0 Å². The normalized spacial score (nSPS) is 26.2. The van der Waals surface area contributed by atoms with Crippen LogP contribution in [0.3, 0.4) is 0 Å². The minimum absolute atomic E-state index is 0.138. The molecule has 1 aromatic heterocycles. The summed E-state index contributed by atoms with van der Waals surface area (Å²) in [4.78, 5) is 26.2. The molecule has 1 spiro atoms. The fourth-order valence-electron chi connectivity index (χ4n) is 5.97. The monoisotopic (exact) mass is 428 g/mol. The molecule has 0 aromatic carbocycles. The van der Waals surface area contributed by atoms with Crippen LogP contribution in [0.15, 0.2) is 18.3 Å². The Kier molecular flexibility index (Phi) is 5.93. The molecule has 170 valence electrons. The smallest absolute Gasteiger partial charge is 0.409 e. The lowest BCUT2D eigenvalue weighted by atomic mass is 9.78. The Morgan fingerprint density at radius 1 is 1.16 bits per heavy atom. The van der Waals surface area contributed by atoms with Crippen molar-refractivity contribution in [3.8, 4) is 0 Å². The quantitative estimate of drug-likeness (QED) is 0.782. The van der Waals surface area contributed by atoms with Crippen LogP contribution in [0.2, 0.25) is 0 Å². The van der Waals surface area contributed by atoms with E-state index in [0.717, 1.165) is 71.3 Å². The lowest BCUT2D eigenvalue weighted by Gasteiger charge is -2.48. The van der Waals surface area contributed by atoms with E-state index in [4.69, 9.17) is 9.72 Å². The maximum absolute atomic E-state index is 11.9. The molecule has 5 rings (SSSR count). The van der Waals surface area contributed by atoms with Gasteiger partial charge in [-0.25, -0.2) is 9.78 Å². The maximum Gasteiger partial charge on any atom is 0.409 e. The number of carbonyl (C=O) groups is 1. The van der Waals surface area contributed by atoms with E-state index >= 15 is 0 Å². The summed E-state index contributed by atoms with van der Waals surface area (Å²) in [6.07, 6.45) is 5.51.